The van der Waals surface area contributed by atoms with Crippen molar-refractivity contribution in [2.24, 2.45) is 0 Å². The van der Waals surface area contributed by atoms with Crippen molar-refractivity contribution in [1.82, 2.24) is 4.98 Å². The van der Waals surface area contributed by atoms with Crippen molar-refractivity contribution in [1.29, 1.82) is 0 Å². The van der Waals surface area contributed by atoms with Crippen molar-refractivity contribution in [2.75, 3.05) is 6.61 Å². The van der Waals surface area contributed by atoms with E-state index in [4.69, 9.17) is 9.47 Å². The molecule has 0 spiro atoms. The zero-order valence-electron chi connectivity index (χ0n) is 17.2. The molecule has 29 heavy (non-hydrogen) atoms. The van der Waals surface area contributed by atoms with Crippen LogP contribution in [-0.2, 0) is 4.74 Å². The Labute approximate surface area is 191 Å². The average Bonchev–Trinajstić information content (AvgIpc) is 2.67. The fourth-order valence-corrected chi connectivity index (χ4v) is 2.96. The molecule has 3 rings (SSSR count). The molecule has 1 radical (unpaired) electrons. The molecule has 0 atom stereocenters. The van der Waals surface area contributed by atoms with Crippen LogP contribution in [0.3, 0.4) is 0 Å². The van der Waals surface area contributed by atoms with E-state index in [1.807, 2.05) is 39.0 Å². The van der Waals surface area contributed by atoms with Crippen molar-refractivity contribution in [3.8, 4) is 17.2 Å². The first kappa shape index (κ1) is 23.0. The standard InChI is InChI=1S/C22H23NO5.Na/c1-4-5-11-27-22(26)18-19(24)17-12-15(9-10-16(17)21(25)23-18)28-20-13(2)7-6-8-14(20)3;/h6-10,12,24H,4-5,11H2,1-3H3,(H,23,25);. The van der Waals surface area contributed by atoms with E-state index in [9.17, 15) is 14.7 Å². The van der Waals surface area contributed by atoms with Crippen molar-refractivity contribution in [2.45, 2.75) is 33.6 Å². The van der Waals surface area contributed by atoms with E-state index in [1.54, 1.807) is 18.2 Å². The van der Waals surface area contributed by atoms with Crippen molar-refractivity contribution in [3.05, 3.63) is 63.6 Å². The number of benzene rings is 2. The third-order valence-electron chi connectivity index (χ3n) is 4.53. The van der Waals surface area contributed by atoms with Crippen LogP contribution in [-0.4, -0.2) is 52.2 Å². The normalized spacial score (nSPS) is 10.4. The quantitative estimate of drug-likeness (QED) is 0.365. The van der Waals surface area contributed by atoms with Crippen LogP contribution in [0.4, 0.5) is 0 Å². The molecule has 0 aliphatic heterocycles. The van der Waals surface area contributed by atoms with Crippen molar-refractivity contribution in [3.63, 3.8) is 0 Å². The number of hydrogen-bond donors (Lipinski definition) is 2. The number of esters is 1. The molecule has 1 heterocycles. The number of carbonyl (C=O) groups is 1. The van der Waals surface area contributed by atoms with E-state index in [1.165, 1.54) is 0 Å². The number of aryl methyl sites for hydroxylation is 2. The molecule has 2 aromatic carbocycles. The Hall–Kier alpha value is -2.28. The van der Waals surface area contributed by atoms with Crippen LogP contribution in [0.15, 0.2) is 41.2 Å². The van der Waals surface area contributed by atoms with E-state index in [0.717, 1.165) is 17.5 Å². The van der Waals surface area contributed by atoms with Crippen LogP contribution in [0.2, 0.25) is 0 Å². The van der Waals surface area contributed by atoms with Crippen LogP contribution in [0.5, 0.6) is 17.2 Å². The number of ether oxygens (including phenoxy) is 2. The summed E-state index contributed by atoms with van der Waals surface area (Å²) in [6.07, 6.45) is 1.57. The number of aromatic amines is 1. The van der Waals surface area contributed by atoms with Gasteiger partial charge in [0.1, 0.15) is 11.5 Å². The van der Waals surface area contributed by atoms with Gasteiger partial charge < -0.3 is 19.6 Å². The first-order valence-electron chi connectivity index (χ1n) is 9.22. The van der Waals surface area contributed by atoms with Gasteiger partial charge in [-0.05, 0) is 49.6 Å². The second-order valence-corrected chi connectivity index (χ2v) is 6.70. The molecule has 0 amide bonds. The van der Waals surface area contributed by atoms with E-state index < -0.39 is 11.5 Å². The van der Waals surface area contributed by atoms with Crippen LogP contribution in [0.1, 0.15) is 41.4 Å². The summed E-state index contributed by atoms with van der Waals surface area (Å²) in [6.45, 7) is 6.08. The third-order valence-corrected chi connectivity index (χ3v) is 4.53. The maximum Gasteiger partial charge on any atom is 0.358 e. The first-order valence-corrected chi connectivity index (χ1v) is 9.22. The number of rotatable bonds is 6. The topological polar surface area (TPSA) is 88.6 Å². The van der Waals surface area contributed by atoms with E-state index in [2.05, 4.69) is 4.98 Å². The maximum atomic E-state index is 12.3. The SMILES string of the molecule is CCCCOC(=O)c1[nH]c(=O)c2ccc(Oc3c(C)cccc3C)cc2c1O.[Na]. The Balaban J connectivity index is 0.00000300. The van der Waals surface area contributed by atoms with E-state index in [0.29, 0.717) is 17.9 Å². The monoisotopic (exact) mass is 404 g/mol. The van der Waals surface area contributed by atoms with Crippen molar-refractivity contribution < 1.29 is 19.4 Å². The second kappa shape index (κ2) is 9.96. The van der Waals surface area contributed by atoms with Gasteiger partial charge in [0.2, 0.25) is 0 Å². The summed E-state index contributed by atoms with van der Waals surface area (Å²) in [4.78, 5) is 27.0. The third kappa shape index (κ3) is 5.01. The van der Waals surface area contributed by atoms with Gasteiger partial charge in [0, 0.05) is 34.9 Å². The molecule has 0 aliphatic rings. The molecule has 2 N–H and O–H groups in total. The smallest absolute Gasteiger partial charge is 0.358 e. The summed E-state index contributed by atoms with van der Waals surface area (Å²) in [5.74, 6) is 0.0792. The molecule has 0 saturated heterocycles. The molecule has 7 heteroatoms. The minimum atomic E-state index is -0.758. The van der Waals surface area contributed by atoms with Gasteiger partial charge in [0.15, 0.2) is 11.4 Å². The second-order valence-electron chi connectivity index (χ2n) is 6.70. The van der Waals surface area contributed by atoms with E-state index >= 15 is 0 Å². The van der Waals surface area contributed by atoms with Crippen LogP contribution >= 0.6 is 0 Å². The Morgan fingerprint density at radius 2 is 1.79 bits per heavy atom. The van der Waals surface area contributed by atoms with Crippen molar-refractivity contribution >= 4 is 46.3 Å². The van der Waals surface area contributed by atoms with Gasteiger partial charge in [0.25, 0.3) is 5.56 Å². The minimum absolute atomic E-state index is 0. The number of unbranched alkanes of at least 4 members (excludes halogenated alkanes) is 1. The Kier molecular flexibility index (Phi) is 7.90. The largest absolute Gasteiger partial charge is 0.505 e. The van der Waals surface area contributed by atoms with Gasteiger partial charge in [0.05, 0.1) is 12.0 Å². The Morgan fingerprint density at radius 1 is 1.10 bits per heavy atom. The minimum Gasteiger partial charge on any atom is -0.505 e. The van der Waals surface area contributed by atoms with Gasteiger partial charge in [-0.1, -0.05) is 31.5 Å². The number of nitrogens with one attached hydrogen (secondary N) is 1. The van der Waals surface area contributed by atoms with Gasteiger partial charge in [-0.15, -0.1) is 0 Å². The zero-order chi connectivity index (χ0) is 20.3. The summed E-state index contributed by atoms with van der Waals surface area (Å²) in [5.41, 5.74) is 1.21. The molecule has 0 fully saturated rings. The molecule has 3 aromatic rings. The molecule has 6 nitrogen and oxygen atoms in total. The maximum absolute atomic E-state index is 12.3. The van der Waals surface area contributed by atoms with Gasteiger partial charge >= 0.3 is 5.97 Å². The number of carbonyl (C=O) groups excluding carboxylic acids is 1. The van der Waals surface area contributed by atoms with E-state index in [-0.39, 0.29) is 58.4 Å². The van der Waals surface area contributed by atoms with Crippen LogP contribution < -0.4 is 10.3 Å². The number of H-pyrrole nitrogens is 1. The number of aromatic hydroxyl groups is 1. The molecule has 0 unspecified atom stereocenters. The number of aromatic nitrogens is 1. The van der Waals surface area contributed by atoms with Crippen LogP contribution in [0.25, 0.3) is 10.8 Å². The van der Waals surface area contributed by atoms with Gasteiger partial charge in [-0.25, -0.2) is 4.79 Å². The molecule has 147 valence electrons. The molecule has 0 saturated carbocycles. The molecule has 1 aromatic heterocycles. The Morgan fingerprint density at radius 3 is 2.45 bits per heavy atom. The summed E-state index contributed by atoms with van der Waals surface area (Å²) in [7, 11) is 0. The summed E-state index contributed by atoms with van der Waals surface area (Å²) in [5, 5.41) is 11.1. The summed E-state index contributed by atoms with van der Waals surface area (Å²) < 4.78 is 11.1. The fraction of sp³-hybridized carbons (Fsp3) is 0.273. The van der Waals surface area contributed by atoms with Gasteiger partial charge in [-0.2, -0.15) is 0 Å². The number of para-hydroxylation sites is 1. The summed E-state index contributed by atoms with van der Waals surface area (Å²) >= 11 is 0. The van der Waals surface area contributed by atoms with Gasteiger partial charge in [-0.3, -0.25) is 4.79 Å². The van der Waals surface area contributed by atoms with Crippen LogP contribution in [0, 0.1) is 13.8 Å². The molecular weight excluding hydrogens is 381 g/mol. The summed E-state index contributed by atoms with van der Waals surface area (Å²) in [6, 6.07) is 10.6. The first-order chi connectivity index (χ1) is 13.4. The predicted octanol–water partition coefficient (Wildman–Crippen LogP) is 4.22. The predicted molar refractivity (Wildman–Crippen MR) is 113 cm³/mol. The number of pyridine rings is 1. The molecule has 0 aliphatic carbocycles. The molecule has 0 bridgehead atoms. The number of hydrogen-bond acceptors (Lipinski definition) is 5. The zero-order valence-corrected chi connectivity index (χ0v) is 19.2. The molecular formula is C22H23NNaO5. The average molecular weight is 404 g/mol. The Bertz CT molecular complexity index is 1070. The number of fused-ring (bicyclic) bond motifs is 1. The fourth-order valence-electron chi connectivity index (χ4n) is 2.96.